The Kier molecular flexibility index (Phi) is 3.21. The summed E-state index contributed by atoms with van der Waals surface area (Å²) in [5.41, 5.74) is 5.01. The lowest BCUT2D eigenvalue weighted by Gasteiger charge is -2.18. The van der Waals surface area contributed by atoms with Crippen LogP contribution in [0.2, 0.25) is 0 Å². The third-order valence-electron chi connectivity index (χ3n) is 3.46. The molecular weight excluding hydrogens is 250 g/mol. The number of amides is 1. The third-order valence-corrected chi connectivity index (χ3v) is 3.46. The van der Waals surface area contributed by atoms with Crippen LogP contribution in [0, 0.1) is 6.92 Å². The molecule has 1 N–H and O–H groups in total. The number of carbonyl (C=O) groups is 1. The quantitative estimate of drug-likeness (QED) is 0.737. The first-order valence-corrected chi connectivity index (χ1v) is 6.47. The zero-order chi connectivity index (χ0) is 13.9. The molecule has 0 atom stereocenters. The Hall–Kier alpha value is -2.62. The van der Waals surface area contributed by atoms with Gasteiger partial charge < -0.3 is 9.88 Å². The van der Waals surface area contributed by atoms with Crippen molar-refractivity contribution >= 4 is 23.1 Å². The van der Waals surface area contributed by atoms with Gasteiger partial charge in [-0.2, -0.15) is 0 Å². The Balaban J connectivity index is 1.93. The molecule has 3 rings (SSSR count). The summed E-state index contributed by atoms with van der Waals surface area (Å²) >= 11 is 0. The molecule has 2 aromatic carbocycles. The fraction of sp³-hybridized carbons (Fsp3) is 0.125. The van der Waals surface area contributed by atoms with E-state index in [0.717, 1.165) is 28.7 Å². The van der Waals surface area contributed by atoms with E-state index in [-0.39, 0.29) is 0 Å². The molecule has 4 heteroatoms. The van der Waals surface area contributed by atoms with Gasteiger partial charge in [0.2, 0.25) is 6.41 Å². The van der Waals surface area contributed by atoms with Gasteiger partial charge in [0.05, 0.1) is 23.9 Å². The van der Waals surface area contributed by atoms with Gasteiger partial charge in [0.25, 0.3) is 0 Å². The van der Waals surface area contributed by atoms with Crippen LogP contribution in [0.3, 0.4) is 0 Å². The third kappa shape index (κ3) is 2.28. The molecule has 0 aliphatic carbocycles. The number of benzene rings is 2. The van der Waals surface area contributed by atoms with Crippen molar-refractivity contribution in [2.75, 3.05) is 4.90 Å². The highest BCUT2D eigenvalue weighted by atomic mass is 16.1. The minimum Gasteiger partial charge on any atom is -0.345 e. The number of aromatic amines is 1. The number of anilines is 1. The molecule has 20 heavy (non-hydrogen) atoms. The van der Waals surface area contributed by atoms with E-state index in [2.05, 4.69) is 23.0 Å². The van der Waals surface area contributed by atoms with Crippen LogP contribution < -0.4 is 4.90 Å². The van der Waals surface area contributed by atoms with E-state index in [9.17, 15) is 4.79 Å². The minimum absolute atomic E-state index is 0.565. The number of hydrogen-bond acceptors (Lipinski definition) is 2. The van der Waals surface area contributed by atoms with Crippen molar-refractivity contribution in [3.63, 3.8) is 0 Å². The number of rotatable bonds is 4. The van der Waals surface area contributed by atoms with Gasteiger partial charge in [0, 0.05) is 5.69 Å². The van der Waals surface area contributed by atoms with Gasteiger partial charge >= 0.3 is 0 Å². The largest absolute Gasteiger partial charge is 0.345 e. The standard InChI is InChI=1S/C16H15N3O/c1-12-4-2-3-5-13(12)9-19(11-20)14-6-7-15-16(8-14)18-10-17-15/h2-8,10-11H,9H2,1H3,(H,17,18). The molecule has 3 aromatic rings. The molecule has 100 valence electrons. The van der Waals surface area contributed by atoms with Gasteiger partial charge in [-0.1, -0.05) is 24.3 Å². The topological polar surface area (TPSA) is 49.0 Å². The summed E-state index contributed by atoms with van der Waals surface area (Å²) in [5, 5.41) is 0. The molecule has 0 fully saturated rings. The first-order valence-electron chi connectivity index (χ1n) is 6.47. The molecular formula is C16H15N3O. The first-order chi connectivity index (χ1) is 9.78. The Labute approximate surface area is 117 Å². The molecule has 0 aliphatic rings. The first kappa shape index (κ1) is 12.4. The van der Waals surface area contributed by atoms with Gasteiger partial charge in [-0.15, -0.1) is 0 Å². The number of hydrogen-bond donors (Lipinski definition) is 1. The smallest absolute Gasteiger partial charge is 0.214 e. The van der Waals surface area contributed by atoms with Crippen molar-refractivity contribution in [3.8, 4) is 0 Å². The fourth-order valence-corrected chi connectivity index (χ4v) is 2.26. The van der Waals surface area contributed by atoms with E-state index < -0.39 is 0 Å². The monoisotopic (exact) mass is 265 g/mol. The maximum Gasteiger partial charge on any atom is 0.214 e. The molecule has 0 spiro atoms. The van der Waals surface area contributed by atoms with Gasteiger partial charge in [0.15, 0.2) is 0 Å². The number of carbonyl (C=O) groups excluding carboxylic acids is 1. The summed E-state index contributed by atoms with van der Waals surface area (Å²) in [6.45, 7) is 2.62. The second kappa shape index (κ2) is 5.17. The predicted octanol–water partition coefficient (Wildman–Crippen LogP) is 3.03. The molecule has 4 nitrogen and oxygen atoms in total. The average molecular weight is 265 g/mol. The second-order valence-corrected chi connectivity index (χ2v) is 4.76. The van der Waals surface area contributed by atoms with Crippen LogP contribution in [-0.2, 0) is 11.3 Å². The molecule has 0 unspecified atom stereocenters. The number of aryl methyl sites for hydroxylation is 1. The van der Waals surface area contributed by atoms with Crippen molar-refractivity contribution in [2.45, 2.75) is 13.5 Å². The van der Waals surface area contributed by atoms with E-state index in [4.69, 9.17) is 0 Å². The van der Waals surface area contributed by atoms with Crippen molar-refractivity contribution in [1.82, 2.24) is 9.97 Å². The van der Waals surface area contributed by atoms with Crippen molar-refractivity contribution < 1.29 is 4.79 Å². The lowest BCUT2D eigenvalue weighted by Crippen LogP contribution is -2.20. The zero-order valence-corrected chi connectivity index (χ0v) is 11.2. The number of aromatic nitrogens is 2. The summed E-state index contributed by atoms with van der Waals surface area (Å²) in [6, 6.07) is 13.8. The average Bonchev–Trinajstić information content (AvgIpc) is 2.94. The van der Waals surface area contributed by atoms with Crippen molar-refractivity contribution in [1.29, 1.82) is 0 Å². The van der Waals surface area contributed by atoms with Crippen molar-refractivity contribution in [3.05, 3.63) is 59.9 Å². The van der Waals surface area contributed by atoms with Crippen LogP contribution >= 0.6 is 0 Å². The normalized spacial score (nSPS) is 10.7. The van der Waals surface area contributed by atoms with Crippen LogP contribution in [0.4, 0.5) is 5.69 Å². The lowest BCUT2D eigenvalue weighted by atomic mass is 10.1. The maximum absolute atomic E-state index is 11.4. The van der Waals surface area contributed by atoms with E-state index in [1.54, 1.807) is 11.2 Å². The molecule has 1 aromatic heterocycles. The van der Waals surface area contributed by atoms with Crippen LogP contribution in [0.25, 0.3) is 11.0 Å². The summed E-state index contributed by atoms with van der Waals surface area (Å²) < 4.78 is 0. The molecule has 0 saturated heterocycles. The molecule has 1 heterocycles. The fourth-order valence-electron chi connectivity index (χ4n) is 2.26. The van der Waals surface area contributed by atoms with Gasteiger partial charge in [-0.3, -0.25) is 4.79 Å². The van der Waals surface area contributed by atoms with Crippen LogP contribution in [0.5, 0.6) is 0 Å². The summed E-state index contributed by atoms with van der Waals surface area (Å²) in [4.78, 5) is 20.3. The molecule has 1 amide bonds. The van der Waals surface area contributed by atoms with Crippen LogP contribution in [-0.4, -0.2) is 16.4 Å². The summed E-state index contributed by atoms with van der Waals surface area (Å²) in [7, 11) is 0. The highest BCUT2D eigenvalue weighted by Gasteiger charge is 2.09. The molecule has 0 saturated carbocycles. The maximum atomic E-state index is 11.4. The lowest BCUT2D eigenvalue weighted by molar-refractivity contribution is -0.107. The Morgan fingerprint density at radius 3 is 2.90 bits per heavy atom. The summed E-state index contributed by atoms with van der Waals surface area (Å²) in [6.07, 6.45) is 2.52. The Bertz CT molecular complexity index is 748. The van der Waals surface area contributed by atoms with Crippen molar-refractivity contribution in [2.24, 2.45) is 0 Å². The molecule has 0 radical (unpaired) electrons. The predicted molar refractivity (Wildman–Crippen MR) is 79.5 cm³/mol. The van der Waals surface area contributed by atoms with Crippen LogP contribution in [0.1, 0.15) is 11.1 Å². The summed E-state index contributed by atoms with van der Waals surface area (Å²) in [5.74, 6) is 0. The minimum atomic E-state index is 0.565. The SMILES string of the molecule is Cc1ccccc1CN(C=O)c1ccc2nc[nH]c2c1. The Morgan fingerprint density at radius 1 is 1.25 bits per heavy atom. The second-order valence-electron chi connectivity index (χ2n) is 4.76. The van der Waals surface area contributed by atoms with E-state index in [1.807, 2.05) is 36.4 Å². The van der Waals surface area contributed by atoms with E-state index in [0.29, 0.717) is 6.54 Å². The van der Waals surface area contributed by atoms with Gasteiger partial charge in [-0.25, -0.2) is 4.98 Å². The number of nitrogens with zero attached hydrogens (tertiary/aromatic N) is 2. The zero-order valence-electron chi connectivity index (χ0n) is 11.2. The number of fused-ring (bicyclic) bond motifs is 1. The van der Waals surface area contributed by atoms with Gasteiger partial charge in [0.1, 0.15) is 0 Å². The highest BCUT2D eigenvalue weighted by molar-refractivity contribution is 5.84. The molecule has 0 bridgehead atoms. The Morgan fingerprint density at radius 2 is 2.10 bits per heavy atom. The van der Waals surface area contributed by atoms with E-state index in [1.165, 1.54) is 5.56 Å². The molecule has 0 aliphatic heterocycles. The highest BCUT2D eigenvalue weighted by Crippen LogP contribution is 2.21. The number of H-pyrrole nitrogens is 1. The van der Waals surface area contributed by atoms with Crippen LogP contribution in [0.15, 0.2) is 48.8 Å². The van der Waals surface area contributed by atoms with Gasteiger partial charge in [-0.05, 0) is 36.2 Å². The van der Waals surface area contributed by atoms with E-state index >= 15 is 0 Å². The number of nitrogens with one attached hydrogen (secondary N) is 1. The number of imidazole rings is 1.